The first-order chi connectivity index (χ1) is 11.1. The molecule has 0 amide bonds. The number of rotatable bonds is 3. The lowest BCUT2D eigenvalue weighted by molar-refractivity contribution is -0.566. The molecule has 118 valence electrons. The number of ether oxygens (including phenoxy) is 2. The van der Waals surface area contributed by atoms with E-state index in [0.717, 1.165) is 0 Å². The molecule has 2 aromatic carbocycles. The highest BCUT2D eigenvalue weighted by Crippen LogP contribution is 2.30. The first-order valence-electron chi connectivity index (χ1n) is 6.77. The maximum absolute atomic E-state index is 12.6. The van der Waals surface area contributed by atoms with Crippen LogP contribution >= 0.6 is 0 Å². The van der Waals surface area contributed by atoms with Crippen LogP contribution in [0.1, 0.15) is 0 Å². The van der Waals surface area contributed by atoms with E-state index in [1.165, 1.54) is 32.4 Å². The van der Waals surface area contributed by atoms with Gasteiger partial charge in [0.05, 0.1) is 19.8 Å². The average Bonchev–Trinajstić information content (AvgIpc) is 2.59. The SMILES string of the molecule is COc1ccc(-c2c(=O)n(O)c3ccccc3[n+]2[O-])cc1OC. The highest BCUT2D eigenvalue weighted by Gasteiger charge is 2.23. The molecule has 0 bridgehead atoms. The van der Waals surface area contributed by atoms with Gasteiger partial charge in [0, 0.05) is 6.07 Å². The van der Waals surface area contributed by atoms with Gasteiger partial charge in [0.25, 0.3) is 5.69 Å². The summed E-state index contributed by atoms with van der Waals surface area (Å²) >= 11 is 0. The van der Waals surface area contributed by atoms with E-state index in [0.29, 0.717) is 26.5 Å². The van der Waals surface area contributed by atoms with Crippen LogP contribution in [0.15, 0.2) is 47.3 Å². The van der Waals surface area contributed by atoms with Gasteiger partial charge in [-0.05, 0) is 24.3 Å². The molecule has 3 rings (SSSR count). The number of aromatic nitrogens is 2. The zero-order valence-electron chi connectivity index (χ0n) is 12.5. The van der Waals surface area contributed by atoms with Crippen LogP contribution in [0.4, 0.5) is 0 Å². The van der Waals surface area contributed by atoms with Crippen molar-refractivity contribution in [1.29, 1.82) is 0 Å². The molecule has 0 aliphatic carbocycles. The number of fused-ring (bicyclic) bond motifs is 1. The normalized spacial score (nSPS) is 10.7. The third-order valence-electron chi connectivity index (χ3n) is 3.58. The Bertz CT molecular complexity index is 949. The number of hydrogen-bond acceptors (Lipinski definition) is 5. The van der Waals surface area contributed by atoms with Gasteiger partial charge in [-0.3, -0.25) is 4.79 Å². The summed E-state index contributed by atoms with van der Waals surface area (Å²) in [6, 6.07) is 11.0. The Hall–Kier alpha value is -3.22. The molecule has 0 atom stereocenters. The molecular formula is C16H14N2O5. The van der Waals surface area contributed by atoms with Crippen molar-refractivity contribution in [3.05, 3.63) is 58.0 Å². The van der Waals surface area contributed by atoms with Crippen molar-refractivity contribution in [1.82, 2.24) is 4.73 Å². The standard InChI is InChI=1S/C16H14N2O5/c1-22-13-8-7-10(9-14(13)23-2)15-16(19)18(21)12-6-4-3-5-11(12)17(15)20/h3-9,21H,1-2H3. The maximum Gasteiger partial charge on any atom is 0.357 e. The molecule has 0 radical (unpaired) electrons. The van der Waals surface area contributed by atoms with Crippen molar-refractivity contribution >= 4 is 11.0 Å². The molecule has 0 unspecified atom stereocenters. The highest BCUT2D eigenvalue weighted by molar-refractivity contribution is 5.73. The minimum Gasteiger partial charge on any atom is -0.618 e. The molecule has 1 heterocycles. The lowest BCUT2D eigenvalue weighted by Gasteiger charge is -2.11. The quantitative estimate of drug-likeness (QED) is 0.450. The lowest BCUT2D eigenvalue weighted by Crippen LogP contribution is -2.40. The van der Waals surface area contributed by atoms with Crippen molar-refractivity contribution < 1.29 is 19.4 Å². The minimum absolute atomic E-state index is 0.136. The van der Waals surface area contributed by atoms with E-state index in [1.54, 1.807) is 24.3 Å². The smallest absolute Gasteiger partial charge is 0.357 e. The summed E-state index contributed by atoms with van der Waals surface area (Å²) in [6.07, 6.45) is 0. The van der Waals surface area contributed by atoms with Crippen LogP contribution in [0.25, 0.3) is 22.3 Å². The van der Waals surface area contributed by atoms with E-state index >= 15 is 0 Å². The summed E-state index contributed by atoms with van der Waals surface area (Å²) in [5.74, 6) is 0.848. The molecule has 0 fully saturated rings. The Balaban J connectivity index is 2.35. The second-order valence-electron chi connectivity index (χ2n) is 4.82. The predicted molar refractivity (Wildman–Crippen MR) is 82.9 cm³/mol. The Labute approximate surface area is 131 Å². The van der Waals surface area contributed by atoms with Gasteiger partial charge in [0.1, 0.15) is 0 Å². The molecule has 23 heavy (non-hydrogen) atoms. The van der Waals surface area contributed by atoms with Gasteiger partial charge >= 0.3 is 5.56 Å². The molecule has 3 aromatic rings. The van der Waals surface area contributed by atoms with E-state index in [9.17, 15) is 15.2 Å². The number of methoxy groups -OCH3 is 2. The number of benzene rings is 2. The fourth-order valence-corrected chi connectivity index (χ4v) is 2.46. The monoisotopic (exact) mass is 314 g/mol. The second-order valence-corrected chi connectivity index (χ2v) is 4.82. The van der Waals surface area contributed by atoms with Crippen LogP contribution in [-0.2, 0) is 0 Å². The van der Waals surface area contributed by atoms with Crippen molar-refractivity contribution in [2.24, 2.45) is 0 Å². The number of nitrogens with zero attached hydrogens (tertiary/aromatic N) is 2. The summed E-state index contributed by atoms with van der Waals surface area (Å²) in [5, 5.41) is 22.6. The average molecular weight is 314 g/mol. The zero-order chi connectivity index (χ0) is 16.6. The molecule has 1 aromatic heterocycles. The number of para-hydroxylation sites is 2. The lowest BCUT2D eigenvalue weighted by atomic mass is 10.1. The Morgan fingerprint density at radius 1 is 1.09 bits per heavy atom. The molecule has 7 nitrogen and oxygen atoms in total. The van der Waals surface area contributed by atoms with Gasteiger partial charge in [-0.25, -0.2) is 0 Å². The second kappa shape index (κ2) is 5.53. The third-order valence-corrected chi connectivity index (χ3v) is 3.58. The first kappa shape index (κ1) is 14.7. The largest absolute Gasteiger partial charge is 0.618 e. The predicted octanol–water partition coefficient (Wildman–Crippen LogP) is 1.56. The van der Waals surface area contributed by atoms with Gasteiger partial charge in [-0.15, -0.1) is 4.73 Å². The van der Waals surface area contributed by atoms with E-state index in [4.69, 9.17) is 9.47 Å². The first-order valence-corrected chi connectivity index (χ1v) is 6.77. The van der Waals surface area contributed by atoms with Crippen LogP contribution in [0.5, 0.6) is 11.5 Å². The summed E-state index contributed by atoms with van der Waals surface area (Å²) in [7, 11) is 2.94. The summed E-state index contributed by atoms with van der Waals surface area (Å²) < 4.78 is 11.3. The Kier molecular flexibility index (Phi) is 3.53. The third kappa shape index (κ3) is 2.22. The Morgan fingerprint density at radius 3 is 2.48 bits per heavy atom. The van der Waals surface area contributed by atoms with Gasteiger partial charge in [-0.2, -0.15) is 4.73 Å². The zero-order valence-corrected chi connectivity index (χ0v) is 12.5. The number of hydrogen-bond donors (Lipinski definition) is 1. The summed E-state index contributed by atoms with van der Waals surface area (Å²) in [6.45, 7) is 0. The molecule has 0 spiro atoms. The van der Waals surface area contributed by atoms with E-state index in [1.807, 2.05) is 0 Å². The molecule has 0 aliphatic heterocycles. The minimum atomic E-state index is -0.814. The maximum atomic E-state index is 12.6. The van der Waals surface area contributed by atoms with E-state index in [2.05, 4.69) is 0 Å². The van der Waals surface area contributed by atoms with Gasteiger partial charge in [0.2, 0.25) is 5.52 Å². The molecule has 1 N–H and O–H groups in total. The Morgan fingerprint density at radius 2 is 1.78 bits per heavy atom. The van der Waals surface area contributed by atoms with Crippen molar-refractivity contribution in [2.75, 3.05) is 14.2 Å². The highest BCUT2D eigenvalue weighted by atomic mass is 16.5. The van der Waals surface area contributed by atoms with Crippen molar-refractivity contribution in [3.63, 3.8) is 0 Å². The molecule has 0 aliphatic rings. The van der Waals surface area contributed by atoms with Crippen LogP contribution in [0.2, 0.25) is 0 Å². The van der Waals surface area contributed by atoms with Crippen LogP contribution in [0, 0.1) is 5.21 Å². The summed E-state index contributed by atoms with van der Waals surface area (Å²) in [5.41, 5.74) is -0.384. The van der Waals surface area contributed by atoms with Crippen LogP contribution in [-0.4, -0.2) is 24.2 Å². The summed E-state index contributed by atoms with van der Waals surface area (Å²) in [4.78, 5) is 12.4. The molecule has 0 saturated carbocycles. The van der Waals surface area contributed by atoms with Gasteiger partial charge in [-0.1, -0.05) is 12.1 Å². The van der Waals surface area contributed by atoms with Crippen LogP contribution in [0.3, 0.4) is 0 Å². The van der Waals surface area contributed by atoms with Crippen LogP contribution < -0.4 is 19.8 Å². The fraction of sp³-hybridized carbons (Fsp3) is 0.125. The van der Waals surface area contributed by atoms with Gasteiger partial charge < -0.3 is 19.9 Å². The molecule has 0 saturated heterocycles. The van der Waals surface area contributed by atoms with E-state index in [-0.39, 0.29) is 16.7 Å². The molecular weight excluding hydrogens is 300 g/mol. The fourth-order valence-electron chi connectivity index (χ4n) is 2.46. The van der Waals surface area contributed by atoms with E-state index < -0.39 is 5.56 Å². The topological polar surface area (TPSA) is 87.6 Å². The molecule has 7 heteroatoms. The van der Waals surface area contributed by atoms with Crippen molar-refractivity contribution in [3.8, 4) is 22.8 Å². The van der Waals surface area contributed by atoms with Gasteiger partial charge in [0.15, 0.2) is 17.0 Å². The van der Waals surface area contributed by atoms with Crippen molar-refractivity contribution in [2.45, 2.75) is 0 Å².